The largest absolute Gasteiger partial charge is 0.309 e. The monoisotopic (exact) mass is 395 g/mol. The number of hydrogen-bond acceptors (Lipinski definition) is 0. The Bertz CT molecular complexity index is 1280. The molecule has 4 heterocycles. The van der Waals surface area contributed by atoms with Crippen LogP contribution in [0.15, 0.2) is 83.3 Å². The molecule has 122 valence electrons. The Morgan fingerprint density at radius 1 is 0.923 bits per heavy atom. The standard InChI is InChI=1S/C23H15BBrN/c25-17-13-15-12-16(14-17)24-10-8-18(9-11-24)26-22-7-2-1-4-20(22)21-6-3-5-19(15)23(21)26/h1-10,12-14H,11H2. The Kier molecular flexibility index (Phi) is 2.95. The molecular weight excluding hydrogens is 381 g/mol. The number of aromatic nitrogens is 1. The van der Waals surface area contributed by atoms with E-state index >= 15 is 0 Å². The number of hydrogen-bond donors (Lipinski definition) is 0. The van der Waals surface area contributed by atoms with Crippen LogP contribution in [0.1, 0.15) is 0 Å². The quantitative estimate of drug-likeness (QED) is 0.327. The van der Waals surface area contributed by atoms with Crippen molar-refractivity contribution in [3.8, 4) is 11.1 Å². The first kappa shape index (κ1) is 14.6. The number of para-hydroxylation sites is 2. The summed E-state index contributed by atoms with van der Waals surface area (Å²) < 4.78 is 3.59. The summed E-state index contributed by atoms with van der Waals surface area (Å²) >= 11 is 3.74. The Morgan fingerprint density at radius 2 is 1.81 bits per heavy atom. The van der Waals surface area contributed by atoms with Crippen molar-refractivity contribution in [2.75, 3.05) is 0 Å². The molecule has 7 rings (SSSR count). The third-order valence-corrected chi connectivity index (χ3v) is 6.15. The zero-order chi connectivity index (χ0) is 17.3. The maximum absolute atomic E-state index is 3.74. The Hall–Kier alpha value is -2.52. The van der Waals surface area contributed by atoms with Crippen molar-refractivity contribution in [1.29, 1.82) is 0 Å². The van der Waals surface area contributed by atoms with Crippen LogP contribution in [0, 0.1) is 0 Å². The van der Waals surface area contributed by atoms with Crippen LogP contribution in [0.3, 0.4) is 0 Å². The van der Waals surface area contributed by atoms with Crippen molar-refractivity contribution in [2.45, 2.75) is 6.32 Å². The summed E-state index contributed by atoms with van der Waals surface area (Å²) in [7, 11) is 0. The highest BCUT2D eigenvalue weighted by Gasteiger charge is 2.23. The highest BCUT2D eigenvalue weighted by Crippen LogP contribution is 2.39. The lowest BCUT2D eigenvalue weighted by Crippen LogP contribution is -2.29. The Morgan fingerprint density at radius 3 is 2.69 bits per heavy atom. The molecule has 1 nitrogen and oxygen atoms in total. The van der Waals surface area contributed by atoms with E-state index in [0.29, 0.717) is 6.71 Å². The molecule has 3 aliphatic heterocycles. The lowest BCUT2D eigenvalue weighted by atomic mass is 9.41. The second-order valence-electron chi connectivity index (χ2n) is 7.16. The summed E-state index contributed by atoms with van der Waals surface area (Å²) in [5.74, 6) is 2.36. The van der Waals surface area contributed by atoms with Crippen LogP contribution in [0.5, 0.6) is 0 Å². The van der Waals surface area contributed by atoms with E-state index in [4.69, 9.17) is 0 Å². The van der Waals surface area contributed by atoms with Gasteiger partial charge in [-0.25, -0.2) is 0 Å². The minimum Gasteiger partial charge on any atom is -0.309 e. The SMILES string of the molecule is Brc1cc2cc(c1)-c1cccc3c4ccccc4n(c13)C1=CCB2C=C1. The summed E-state index contributed by atoms with van der Waals surface area (Å²) in [4.78, 5) is 0. The molecule has 3 heteroatoms. The van der Waals surface area contributed by atoms with Crippen molar-refractivity contribution in [3.05, 3.63) is 83.3 Å². The van der Waals surface area contributed by atoms with Crippen molar-refractivity contribution < 1.29 is 0 Å². The van der Waals surface area contributed by atoms with Crippen LogP contribution in [-0.2, 0) is 0 Å². The molecule has 0 N–H and O–H groups in total. The van der Waals surface area contributed by atoms with Gasteiger partial charge in [0.25, 0.3) is 0 Å². The molecule has 0 atom stereocenters. The summed E-state index contributed by atoms with van der Waals surface area (Å²) in [6.45, 7) is 0.442. The average Bonchev–Trinajstić information content (AvgIpc) is 3.02. The van der Waals surface area contributed by atoms with Crippen LogP contribution in [-0.4, -0.2) is 11.3 Å². The topological polar surface area (TPSA) is 4.93 Å². The lowest BCUT2D eigenvalue weighted by Gasteiger charge is -2.21. The highest BCUT2D eigenvalue weighted by molar-refractivity contribution is 9.10. The van der Waals surface area contributed by atoms with E-state index in [1.165, 1.54) is 44.1 Å². The maximum atomic E-state index is 3.74. The molecule has 1 aromatic heterocycles. The smallest absolute Gasteiger partial charge is 0.204 e. The van der Waals surface area contributed by atoms with Crippen LogP contribution >= 0.6 is 15.9 Å². The van der Waals surface area contributed by atoms with E-state index in [9.17, 15) is 0 Å². The van der Waals surface area contributed by atoms with E-state index in [1.54, 1.807) is 0 Å². The molecule has 0 fully saturated rings. The number of nitrogens with zero attached hydrogens (tertiary/aromatic N) is 1. The van der Waals surface area contributed by atoms with E-state index in [1.807, 2.05) is 0 Å². The fourth-order valence-electron chi connectivity index (χ4n) is 4.52. The number of rotatable bonds is 0. The van der Waals surface area contributed by atoms with E-state index in [0.717, 1.165) is 10.8 Å². The van der Waals surface area contributed by atoms with Gasteiger partial charge in [-0.2, -0.15) is 0 Å². The van der Waals surface area contributed by atoms with Crippen molar-refractivity contribution in [1.82, 2.24) is 4.57 Å². The molecule has 0 saturated heterocycles. The molecule has 3 aliphatic rings. The normalized spacial score (nSPS) is 15.0. The van der Waals surface area contributed by atoms with Crippen molar-refractivity contribution >= 4 is 55.6 Å². The molecule has 3 aromatic carbocycles. The molecular formula is C23H15BBrN. The van der Waals surface area contributed by atoms with E-state index < -0.39 is 0 Å². The van der Waals surface area contributed by atoms with Gasteiger partial charge >= 0.3 is 0 Å². The fraction of sp³-hybridized carbons (Fsp3) is 0.0435. The second-order valence-corrected chi connectivity index (χ2v) is 8.07. The molecule has 0 amide bonds. The van der Waals surface area contributed by atoms with Crippen molar-refractivity contribution in [2.24, 2.45) is 0 Å². The predicted octanol–water partition coefficient (Wildman–Crippen LogP) is 5.89. The third kappa shape index (κ3) is 1.92. The molecule has 0 unspecified atom stereocenters. The average molecular weight is 396 g/mol. The van der Waals surface area contributed by atoms with Crippen LogP contribution in [0.25, 0.3) is 38.6 Å². The first-order chi connectivity index (χ1) is 12.8. The minimum atomic E-state index is 0.442. The summed E-state index contributed by atoms with van der Waals surface area (Å²) in [5.41, 5.74) is 7.81. The van der Waals surface area contributed by atoms with Gasteiger partial charge in [0.05, 0.1) is 11.0 Å². The summed E-state index contributed by atoms with van der Waals surface area (Å²) in [6, 6.07) is 22.3. The molecule has 0 spiro atoms. The first-order valence-electron chi connectivity index (χ1n) is 9.01. The van der Waals surface area contributed by atoms with Gasteiger partial charge in [0.1, 0.15) is 0 Å². The molecule has 0 radical (unpaired) electrons. The first-order valence-corrected chi connectivity index (χ1v) is 9.81. The summed E-state index contributed by atoms with van der Waals surface area (Å²) in [5, 5.41) is 2.63. The highest BCUT2D eigenvalue weighted by atomic mass is 79.9. The molecule has 0 saturated carbocycles. The molecule has 0 aliphatic carbocycles. The number of allylic oxidation sites excluding steroid dienone is 3. The number of fused-ring (bicyclic) bond motifs is 3. The molecule has 26 heavy (non-hydrogen) atoms. The van der Waals surface area contributed by atoms with Gasteiger partial charge in [-0.1, -0.05) is 82.1 Å². The van der Waals surface area contributed by atoms with Crippen LogP contribution < -0.4 is 5.46 Å². The van der Waals surface area contributed by atoms with Gasteiger partial charge in [0.2, 0.25) is 6.71 Å². The molecule has 4 bridgehead atoms. The fourth-order valence-corrected chi connectivity index (χ4v) is 5.03. The predicted molar refractivity (Wildman–Crippen MR) is 116 cm³/mol. The van der Waals surface area contributed by atoms with Gasteiger partial charge < -0.3 is 4.57 Å². The summed E-state index contributed by atoms with van der Waals surface area (Å²) in [6.07, 6.45) is 5.72. The number of benzene rings is 3. The van der Waals surface area contributed by atoms with Gasteiger partial charge in [-0.05, 0) is 24.0 Å². The Balaban J connectivity index is 1.89. The van der Waals surface area contributed by atoms with Gasteiger partial charge in [-0.3, -0.25) is 0 Å². The maximum Gasteiger partial charge on any atom is 0.204 e. The van der Waals surface area contributed by atoms with Gasteiger partial charge in [-0.15, -0.1) is 5.98 Å². The lowest BCUT2D eigenvalue weighted by molar-refractivity contribution is 1.22. The zero-order valence-electron chi connectivity index (χ0n) is 14.1. The van der Waals surface area contributed by atoms with Crippen molar-refractivity contribution in [3.63, 3.8) is 0 Å². The van der Waals surface area contributed by atoms with Gasteiger partial charge in [0.15, 0.2) is 0 Å². The zero-order valence-corrected chi connectivity index (χ0v) is 15.7. The van der Waals surface area contributed by atoms with E-state index in [-0.39, 0.29) is 0 Å². The van der Waals surface area contributed by atoms with Gasteiger partial charge in [0, 0.05) is 26.5 Å². The molecule has 4 aromatic rings. The second kappa shape index (κ2) is 5.24. The van der Waals surface area contributed by atoms with E-state index in [2.05, 4.69) is 99.3 Å². The number of halogens is 1. The third-order valence-electron chi connectivity index (χ3n) is 5.69. The Labute approximate surface area is 160 Å². The van der Waals surface area contributed by atoms with Crippen LogP contribution in [0.2, 0.25) is 6.32 Å². The minimum absolute atomic E-state index is 0.442. The van der Waals surface area contributed by atoms with Crippen LogP contribution in [0.4, 0.5) is 0 Å².